The number of carbonyl (C=O) groups is 1. The molecule has 0 aliphatic heterocycles. The second kappa shape index (κ2) is 6.67. The van der Waals surface area contributed by atoms with Gasteiger partial charge in [0, 0.05) is 17.7 Å². The minimum atomic E-state index is -4.52. The summed E-state index contributed by atoms with van der Waals surface area (Å²) in [5.41, 5.74) is 5.97. The van der Waals surface area contributed by atoms with Crippen molar-refractivity contribution >= 4 is 23.1 Å². The number of aliphatic hydroxyl groups excluding tert-OH is 1. The minimum Gasteiger partial charge on any atom is -0.395 e. The Bertz CT molecular complexity index is 488. The van der Waals surface area contributed by atoms with Crippen molar-refractivity contribution in [3.8, 4) is 0 Å². The SMILES string of the molecule is NC(=S)c1ccc(C(=O)N(CCO)CC(F)(F)F)cc1. The summed E-state index contributed by atoms with van der Waals surface area (Å²) in [4.78, 5) is 12.6. The number of halogens is 3. The maximum absolute atomic E-state index is 12.4. The topological polar surface area (TPSA) is 66.6 Å². The monoisotopic (exact) mass is 306 g/mol. The van der Waals surface area contributed by atoms with Crippen molar-refractivity contribution < 1.29 is 23.1 Å². The van der Waals surface area contributed by atoms with Crippen LogP contribution >= 0.6 is 12.2 Å². The van der Waals surface area contributed by atoms with Crippen LogP contribution in [0.5, 0.6) is 0 Å². The van der Waals surface area contributed by atoms with Gasteiger partial charge in [-0.05, 0) is 12.1 Å². The molecule has 3 N–H and O–H groups in total. The third-order valence-corrected chi connectivity index (χ3v) is 2.68. The summed E-state index contributed by atoms with van der Waals surface area (Å²) in [5.74, 6) is -0.814. The van der Waals surface area contributed by atoms with Gasteiger partial charge in [-0.3, -0.25) is 4.79 Å². The van der Waals surface area contributed by atoms with Gasteiger partial charge >= 0.3 is 6.18 Å². The summed E-state index contributed by atoms with van der Waals surface area (Å²) in [6, 6.07) is 5.61. The fourth-order valence-corrected chi connectivity index (χ4v) is 1.69. The number of thiocarbonyl (C=S) groups is 1. The number of hydrogen-bond donors (Lipinski definition) is 2. The molecule has 1 aromatic rings. The number of alkyl halides is 3. The second-order valence-corrected chi connectivity index (χ2v) is 4.45. The first-order chi connectivity index (χ1) is 9.24. The number of nitrogens with two attached hydrogens (primary N) is 1. The van der Waals surface area contributed by atoms with Crippen molar-refractivity contribution in [2.24, 2.45) is 5.73 Å². The lowest BCUT2D eigenvalue weighted by Crippen LogP contribution is -2.40. The highest BCUT2D eigenvalue weighted by Crippen LogP contribution is 2.18. The molecule has 0 fully saturated rings. The quantitative estimate of drug-likeness (QED) is 0.805. The van der Waals surface area contributed by atoms with Gasteiger partial charge in [-0.15, -0.1) is 0 Å². The van der Waals surface area contributed by atoms with E-state index in [0.717, 1.165) is 0 Å². The first-order valence-electron chi connectivity index (χ1n) is 5.61. The van der Waals surface area contributed by atoms with Gasteiger partial charge in [0.1, 0.15) is 11.5 Å². The van der Waals surface area contributed by atoms with Crippen molar-refractivity contribution in [1.29, 1.82) is 0 Å². The van der Waals surface area contributed by atoms with Gasteiger partial charge in [-0.1, -0.05) is 24.4 Å². The Morgan fingerprint density at radius 1 is 1.25 bits per heavy atom. The largest absolute Gasteiger partial charge is 0.406 e. The molecular formula is C12H13F3N2O2S. The second-order valence-electron chi connectivity index (χ2n) is 4.01. The molecular weight excluding hydrogens is 293 g/mol. The lowest BCUT2D eigenvalue weighted by atomic mass is 10.1. The molecule has 0 spiro atoms. The van der Waals surface area contributed by atoms with Crippen molar-refractivity contribution in [2.45, 2.75) is 6.18 Å². The highest BCUT2D eigenvalue weighted by Gasteiger charge is 2.33. The fourth-order valence-electron chi connectivity index (χ4n) is 1.55. The van der Waals surface area contributed by atoms with Crippen molar-refractivity contribution in [3.05, 3.63) is 35.4 Å². The molecule has 1 aromatic carbocycles. The van der Waals surface area contributed by atoms with E-state index in [4.69, 9.17) is 23.1 Å². The first kappa shape index (κ1) is 16.4. The Kier molecular flexibility index (Phi) is 5.46. The van der Waals surface area contributed by atoms with Crippen LogP contribution in [0.25, 0.3) is 0 Å². The summed E-state index contributed by atoms with van der Waals surface area (Å²) < 4.78 is 37.1. The van der Waals surface area contributed by atoms with Crippen molar-refractivity contribution in [1.82, 2.24) is 4.90 Å². The zero-order valence-corrected chi connectivity index (χ0v) is 11.2. The van der Waals surface area contributed by atoms with E-state index in [-0.39, 0.29) is 10.6 Å². The summed E-state index contributed by atoms with van der Waals surface area (Å²) in [7, 11) is 0. The molecule has 0 unspecified atom stereocenters. The third kappa shape index (κ3) is 4.78. The van der Waals surface area contributed by atoms with Gasteiger partial charge in [0.25, 0.3) is 5.91 Å². The van der Waals surface area contributed by atoms with E-state index in [1.807, 2.05) is 0 Å². The Morgan fingerprint density at radius 2 is 1.75 bits per heavy atom. The van der Waals surface area contributed by atoms with Crippen LogP contribution in [0.1, 0.15) is 15.9 Å². The number of benzene rings is 1. The van der Waals surface area contributed by atoms with Gasteiger partial charge in [-0.2, -0.15) is 13.2 Å². The van der Waals surface area contributed by atoms with Crippen LogP contribution in [0.15, 0.2) is 24.3 Å². The highest BCUT2D eigenvalue weighted by atomic mass is 32.1. The number of nitrogens with zero attached hydrogens (tertiary/aromatic N) is 1. The molecule has 8 heteroatoms. The fraction of sp³-hybridized carbons (Fsp3) is 0.333. The van der Waals surface area contributed by atoms with Gasteiger partial charge in [0.05, 0.1) is 6.61 Å². The highest BCUT2D eigenvalue weighted by molar-refractivity contribution is 7.80. The van der Waals surface area contributed by atoms with E-state index in [2.05, 4.69) is 0 Å². The van der Waals surface area contributed by atoms with Gasteiger partial charge in [-0.25, -0.2) is 0 Å². The Balaban J connectivity index is 2.91. The molecule has 1 rings (SSSR count). The lowest BCUT2D eigenvalue weighted by Gasteiger charge is -2.23. The molecule has 0 aromatic heterocycles. The molecule has 0 heterocycles. The molecule has 0 aliphatic carbocycles. The third-order valence-electron chi connectivity index (χ3n) is 2.44. The number of rotatable bonds is 5. The Labute approximate surface area is 119 Å². The summed E-state index contributed by atoms with van der Waals surface area (Å²) in [6.45, 7) is -2.36. The van der Waals surface area contributed by atoms with Crippen LogP contribution in [0.3, 0.4) is 0 Å². The average molecular weight is 306 g/mol. The summed E-state index contributed by atoms with van der Waals surface area (Å²) >= 11 is 4.74. The summed E-state index contributed by atoms with van der Waals surface area (Å²) in [5, 5.41) is 8.75. The Hall–Kier alpha value is -1.67. The lowest BCUT2D eigenvalue weighted by molar-refractivity contribution is -0.141. The number of aliphatic hydroxyl groups is 1. The average Bonchev–Trinajstić information content (AvgIpc) is 2.36. The predicted molar refractivity (Wildman–Crippen MR) is 71.4 cm³/mol. The van der Waals surface area contributed by atoms with Crippen LogP contribution in [0.2, 0.25) is 0 Å². The molecule has 0 radical (unpaired) electrons. The maximum atomic E-state index is 12.4. The zero-order chi connectivity index (χ0) is 15.3. The van der Waals surface area contributed by atoms with Crippen molar-refractivity contribution in [3.63, 3.8) is 0 Å². The first-order valence-corrected chi connectivity index (χ1v) is 6.02. The molecule has 20 heavy (non-hydrogen) atoms. The van der Waals surface area contributed by atoms with Crippen LogP contribution in [0, 0.1) is 0 Å². The van der Waals surface area contributed by atoms with E-state index in [0.29, 0.717) is 10.5 Å². The number of hydrogen-bond acceptors (Lipinski definition) is 3. The number of carbonyl (C=O) groups excluding carboxylic acids is 1. The van der Waals surface area contributed by atoms with E-state index < -0.39 is 31.8 Å². The molecule has 4 nitrogen and oxygen atoms in total. The Morgan fingerprint density at radius 3 is 2.15 bits per heavy atom. The zero-order valence-electron chi connectivity index (χ0n) is 10.4. The minimum absolute atomic E-state index is 0.0719. The van der Waals surface area contributed by atoms with E-state index in [9.17, 15) is 18.0 Å². The number of amides is 1. The molecule has 110 valence electrons. The van der Waals surface area contributed by atoms with Crippen molar-refractivity contribution in [2.75, 3.05) is 19.7 Å². The molecule has 0 bridgehead atoms. The smallest absolute Gasteiger partial charge is 0.395 e. The van der Waals surface area contributed by atoms with E-state index in [1.54, 1.807) is 0 Å². The molecule has 0 aliphatic rings. The van der Waals surface area contributed by atoms with E-state index in [1.165, 1.54) is 24.3 Å². The molecule has 0 atom stereocenters. The molecule has 0 saturated heterocycles. The van der Waals surface area contributed by atoms with Gasteiger partial charge in [0.2, 0.25) is 0 Å². The maximum Gasteiger partial charge on any atom is 0.406 e. The summed E-state index contributed by atoms with van der Waals surface area (Å²) in [6.07, 6.45) is -4.52. The van der Waals surface area contributed by atoms with Gasteiger partial charge < -0.3 is 15.7 Å². The normalized spacial score (nSPS) is 11.2. The van der Waals surface area contributed by atoms with E-state index >= 15 is 0 Å². The molecule has 0 saturated carbocycles. The standard InChI is InChI=1S/C12H13F3N2O2S/c13-12(14,15)7-17(5-6-18)11(19)9-3-1-8(2-4-9)10(16)20/h1-4,18H,5-7H2,(H2,16,20). The van der Waals surface area contributed by atoms with Crippen LogP contribution in [0.4, 0.5) is 13.2 Å². The van der Waals surface area contributed by atoms with Crippen LogP contribution in [-0.4, -0.2) is 46.8 Å². The van der Waals surface area contributed by atoms with Crippen LogP contribution < -0.4 is 5.73 Å². The molecule has 1 amide bonds. The van der Waals surface area contributed by atoms with Gasteiger partial charge in [0.15, 0.2) is 0 Å². The van der Waals surface area contributed by atoms with Crippen LogP contribution in [-0.2, 0) is 0 Å². The predicted octanol–water partition coefficient (Wildman–Crippen LogP) is 1.32.